The van der Waals surface area contributed by atoms with E-state index in [-0.39, 0.29) is 0 Å². The van der Waals surface area contributed by atoms with Gasteiger partial charge in [-0.05, 0) is 24.3 Å². The average Bonchev–Trinajstić information content (AvgIpc) is 3.39. The van der Waals surface area contributed by atoms with Gasteiger partial charge in [-0.1, -0.05) is 12.1 Å². The Kier molecular flexibility index (Phi) is 5.18. The lowest BCUT2D eigenvalue weighted by molar-refractivity contribution is 0.413. The van der Waals surface area contributed by atoms with E-state index in [1.165, 1.54) is 0 Å². The molecule has 0 amide bonds. The monoisotopic (exact) mass is 414 g/mol. The van der Waals surface area contributed by atoms with Gasteiger partial charge in [-0.25, -0.2) is 9.97 Å². The second-order valence-electron chi connectivity index (χ2n) is 7.15. The number of furan rings is 1. The Bertz CT molecular complexity index is 1140. The van der Waals surface area contributed by atoms with Crippen LogP contribution < -0.4 is 14.5 Å². The smallest absolute Gasteiger partial charge is 0.226 e. The van der Waals surface area contributed by atoms with Crippen LogP contribution in [0.5, 0.6) is 5.75 Å². The number of anilines is 2. The summed E-state index contributed by atoms with van der Waals surface area (Å²) < 4.78 is 11.2. The van der Waals surface area contributed by atoms with Crippen LogP contribution in [0.15, 0.2) is 71.9 Å². The van der Waals surface area contributed by atoms with Crippen LogP contribution >= 0.6 is 0 Å². The lowest BCUT2D eigenvalue weighted by atomic mass is 10.1. The molecule has 0 unspecified atom stereocenters. The van der Waals surface area contributed by atoms with E-state index >= 15 is 0 Å². The molecule has 8 nitrogen and oxygen atoms in total. The molecule has 0 N–H and O–H groups in total. The maximum absolute atomic E-state index is 5.65. The van der Waals surface area contributed by atoms with Crippen LogP contribution in [0.2, 0.25) is 0 Å². The number of ether oxygens (including phenoxy) is 1. The Balaban J connectivity index is 1.41. The molecule has 5 rings (SSSR count). The van der Waals surface area contributed by atoms with Gasteiger partial charge in [0.05, 0.1) is 31.0 Å². The molecule has 0 spiro atoms. The highest BCUT2D eigenvalue weighted by Gasteiger charge is 2.23. The fraction of sp³-hybridized carbons (Fsp3) is 0.217. The highest BCUT2D eigenvalue weighted by Crippen LogP contribution is 2.32. The van der Waals surface area contributed by atoms with Crippen molar-refractivity contribution in [3.63, 3.8) is 0 Å². The molecule has 4 heterocycles. The molecule has 3 aromatic heterocycles. The van der Waals surface area contributed by atoms with Crippen molar-refractivity contribution in [3.05, 3.63) is 67.4 Å². The minimum Gasteiger partial charge on any atom is -0.495 e. The molecule has 1 aliphatic heterocycles. The molecule has 0 bridgehead atoms. The van der Waals surface area contributed by atoms with Crippen LogP contribution in [-0.4, -0.2) is 53.2 Å². The van der Waals surface area contributed by atoms with Crippen molar-refractivity contribution < 1.29 is 9.15 Å². The van der Waals surface area contributed by atoms with Gasteiger partial charge in [0.2, 0.25) is 5.95 Å². The fourth-order valence-corrected chi connectivity index (χ4v) is 3.79. The number of piperazine rings is 1. The fourth-order valence-electron chi connectivity index (χ4n) is 3.79. The number of nitrogens with zero attached hydrogens (tertiary/aromatic N) is 6. The molecule has 0 aliphatic carbocycles. The third-order valence-corrected chi connectivity index (χ3v) is 5.36. The highest BCUT2D eigenvalue weighted by atomic mass is 16.5. The Hall–Kier alpha value is -3.94. The Morgan fingerprint density at radius 2 is 1.74 bits per heavy atom. The molecule has 1 aromatic carbocycles. The Labute approximate surface area is 180 Å². The number of hydrogen-bond donors (Lipinski definition) is 0. The number of aromatic nitrogens is 4. The summed E-state index contributed by atoms with van der Waals surface area (Å²) in [6, 6.07) is 11.9. The van der Waals surface area contributed by atoms with Crippen LogP contribution in [0.3, 0.4) is 0 Å². The first-order valence-electron chi connectivity index (χ1n) is 10.1. The molecule has 0 atom stereocenters. The van der Waals surface area contributed by atoms with Gasteiger partial charge < -0.3 is 19.0 Å². The van der Waals surface area contributed by atoms with Gasteiger partial charge in [0.25, 0.3) is 0 Å². The first-order valence-corrected chi connectivity index (χ1v) is 10.1. The Morgan fingerprint density at radius 3 is 2.48 bits per heavy atom. The predicted octanol–water partition coefficient (Wildman–Crippen LogP) is 3.53. The van der Waals surface area contributed by atoms with Crippen molar-refractivity contribution >= 4 is 11.6 Å². The van der Waals surface area contributed by atoms with Crippen molar-refractivity contribution in [3.8, 4) is 28.5 Å². The number of hydrogen-bond acceptors (Lipinski definition) is 8. The molecule has 156 valence electrons. The van der Waals surface area contributed by atoms with E-state index in [0.29, 0.717) is 23.1 Å². The topological polar surface area (TPSA) is 80.4 Å². The first-order chi connectivity index (χ1) is 15.3. The van der Waals surface area contributed by atoms with Crippen molar-refractivity contribution in [2.24, 2.45) is 0 Å². The summed E-state index contributed by atoms with van der Waals surface area (Å²) >= 11 is 0. The summed E-state index contributed by atoms with van der Waals surface area (Å²) in [6.45, 7) is 3.32. The predicted molar refractivity (Wildman–Crippen MR) is 118 cm³/mol. The maximum Gasteiger partial charge on any atom is 0.226 e. The number of rotatable bonds is 5. The zero-order valence-electron chi connectivity index (χ0n) is 17.2. The molecule has 0 saturated carbocycles. The molecule has 31 heavy (non-hydrogen) atoms. The standard InChI is InChI=1S/C23H22N6O2/c1-30-20-6-3-2-5-19(20)28-10-12-29(13-11-28)23-26-15-17(18-16-24-8-9-25-18)22(27-23)21-7-4-14-31-21/h2-9,14-16H,10-13H2,1H3. The van der Waals surface area contributed by atoms with Crippen LogP contribution in [-0.2, 0) is 0 Å². The molecular formula is C23H22N6O2. The summed E-state index contributed by atoms with van der Waals surface area (Å²) in [7, 11) is 1.71. The van der Waals surface area contributed by atoms with E-state index in [1.807, 2.05) is 30.3 Å². The minimum absolute atomic E-state index is 0.678. The van der Waals surface area contributed by atoms with Gasteiger partial charge in [0.15, 0.2) is 5.76 Å². The van der Waals surface area contributed by atoms with E-state index in [1.54, 1.807) is 38.2 Å². The summed E-state index contributed by atoms with van der Waals surface area (Å²) in [5, 5.41) is 0. The van der Waals surface area contributed by atoms with E-state index in [4.69, 9.17) is 14.1 Å². The quantitative estimate of drug-likeness (QED) is 0.491. The molecule has 8 heteroatoms. The first kappa shape index (κ1) is 19.0. The van der Waals surface area contributed by atoms with E-state index in [2.05, 4.69) is 30.8 Å². The van der Waals surface area contributed by atoms with Crippen LogP contribution in [0.4, 0.5) is 11.6 Å². The lowest BCUT2D eigenvalue weighted by Gasteiger charge is -2.36. The summed E-state index contributed by atoms with van der Waals surface area (Å²) in [4.78, 5) is 22.6. The molecule has 1 fully saturated rings. The molecule has 1 aliphatic rings. The number of para-hydroxylation sites is 2. The van der Waals surface area contributed by atoms with Crippen LogP contribution in [0.1, 0.15) is 0 Å². The third-order valence-electron chi connectivity index (χ3n) is 5.36. The summed E-state index contributed by atoms with van der Waals surface area (Å²) in [5.41, 5.74) is 3.32. The number of benzene rings is 1. The largest absolute Gasteiger partial charge is 0.495 e. The Morgan fingerprint density at radius 1 is 0.903 bits per heavy atom. The average molecular weight is 414 g/mol. The zero-order chi connectivity index (χ0) is 21.0. The van der Waals surface area contributed by atoms with Gasteiger partial charge in [0.1, 0.15) is 11.4 Å². The number of methoxy groups -OCH3 is 1. The van der Waals surface area contributed by atoms with Gasteiger partial charge in [-0.15, -0.1) is 0 Å². The van der Waals surface area contributed by atoms with Crippen molar-refractivity contribution in [2.45, 2.75) is 0 Å². The van der Waals surface area contributed by atoms with E-state index < -0.39 is 0 Å². The second-order valence-corrected chi connectivity index (χ2v) is 7.15. The molecule has 4 aromatic rings. The van der Waals surface area contributed by atoms with Crippen LogP contribution in [0.25, 0.3) is 22.7 Å². The van der Waals surface area contributed by atoms with Crippen LogP contribution in [0, 0.1) is 0 Å². The second kappa shape index (κ2) is 8.43. The molecule has 1 saturated heterocycles. The summed E-state index contributed by atoms with van der Waals surface area (Å²) in [6.07, 6.45) is 8.45. The van der Waals surface area contributed by atoms with Gasteiger partial charge in [0, 0.05) is 50.3 Å². The zero-order valence-corrected chi connectivity index (χ0v) is 17.2. The third kappa shape index (κ3) is 3.79. The lowest BCUT2D eigenvalue weighted by Crippen LogP contribution is -2.47. The van der Waals surface area contributed by atoms with Crippen molar-refractivity contribution in [1.82, 2.24) is 19.9 Å². The summed E-state index contributed by atoms with van der Waals surface area (Å²) in [5.74, 6) is 2.25. The van der Waals surface area contributed by atoms with Gasteiger partial charge >= 0.3 is 0 Å². The van der Waals surface area contributed by atoms with E-state index in [0.717, 1.165) is 43.2 Å². The maximum atomic E-state index is 5.65. The minimum atomic E-state index is 0.678. The normalized spacial score (nSPS) is 14.0. The van der Waals surface area contributed by atoms with Gasteiger partial charge in [-0.2, -0.15) is 0 Å². The van der Waals surface area contributed by atoms with Crippen molar-refractivity contribution in [1.29, 1.82) is 0 Å². The van der Waals surface area contributed by atoms with Crippen molar-refractivity contribution in [2.75, 3.05) is 43.1 Å². The molecule has 0 radical (unpaired) electrons. The van der Waals surface area contributed by atoms with E-state index in [9.17, 15) is 0 Å². The van der Waals surface area contributed by atoms with Gasteiger partial charge in [-0.3, -0.25) is 9.97 Å². The molecular weight excluding hydrogens is 392 g/mol. The SMILES string of the molecule is COc1ccccc1N1CCN(c2ncc(-c3cnccn3)c(-c3ccco3)n2)CC1. The highest BCUT2D eigenvalue weighted by molar-refractivity contribution is 5.76.